The van der Waals surface area contributed by atoms with E-state index in [1.807, 2.05) is 0 Å². The van der Waals surface area contributed by atoms with Gasteiger partial charge in [0.15, 0.2) is 0 Å². The number of rotatable bonds is 49. The lowest BCUT2D eigenvalue weighted by molar-refractivity contribution is -0.0289. The predicted molar refractivity (Wildman–Crippen MR) is 203 cm³/mol. The molecule has 0 unspecified atom stereocenters. The minimum Gasteiger partial charge on any atom is -0.379 e. The Morgan fingerprint density at radius 3 is 0.673 bits per heavy atom. The third-order valence-electron chi connectivity index (χ3n) is 7.34. The van der Waals surface area contributed by atoms with Gasteiger partial charge in [-0.05, 0) is 6.42 Å². The second-order valence-electron chi connectivity index (χ2n) is 11.9. The Morgan fingerprint density at radius 1 is 0.250 bits per heavy atom. The van der Waals surface area contributed by atoms with Gasteiger partial charge in [0, 0.05) is 6.61 Å². The van der Waals surface area contributed by atoms with Crippen LogP contribution in [0.15, 0.2) is 12.7 Å². The Labute approximate surface area is 316 Å². The molecule has 0 aromatic heterocycles. The summed E-state index contributed by atoms with van der Waals surface area (Å²) in [5.41, 5.74) is 0. The summed E-state index contributed by atoms with van der Waals surface area (Å²) in [5.74, 6) is 0. The van der Waals surface area contributed by atoms with Crippen LogP contribution in [-0.4, -0.2) is 172 Å². The number of hydrogen-bond donors (Lipinski definition) is 0. The topological polar surface area (TPSA) is 120 Å². The van der Waals surface area contributed by atoms with Crippen LogP contribution >= 0.6 is 0 Å². The van der Waals surface area contributed by atoms with Gasteiger partial charge in [-0.25, -0.2) is 0 Å². The van der Waals surface area contributed by atoms with E-state index in [1.165, 1.54) is 57.8 Å². The second-order valence-corrected chi connectivity index (χ2v) is 11.9. The van der Waals surface area contributed by atoms with Crippen LogP contribution in [0, 0.1) is 0 Å². The van der Waals surface area contributed by atoms with E-state index in [9.17, 15) is 0 Å². The maximum Gasteiger partial charge on any atom is 0.0704 e. The van der Waals surface area contributed by atoms with E-state index in [0.29, 0.717) is 165 Å². The van der Waals surface area contributed by atoms with Crippen LogP contribution in [0.4, 0.5) is 0 Å². The molecule has 0 aromatic rings. The number of hydrogen-bond acceptors (Lipinski definition) is 13. The van der Waals surface area contributed by atoms with Crippen LogP contribution < -0.4 is 0 Å². The van der Waals surface area contributed by atoms with Crippen LogP contribution in [0.3, 0.4) is 0 Å². The van der Waals surface area contributed by atoms with Gasteiger partial charge < -0.3 is 61.6 Å². The summed E-state index contributed by atoms with van der Waals surface area (Å²) in [6, 6.07) is 0. The molecule has 0 aromatic carbocycles. The fourth-order valence-corrected chi connectivity index (χ4v) is 4.50. The Bertz CT molecular complexity index is 633. The minimum atomic E-state index is 0.514. The normalized spacial score (nSPS) is 11.6. The van der Waals surface area contributed by atoms with Crippen molar-refractivity contribution in [2.45, 2.75) is 71.1 Å². The molecule has 13 heteroatoms. The number of ether oxygens (including phenoxy) is 13. The van der Waals surface area contributed by atoms with Crippen molar-refractivity contribution in [1.29, 1.82) is 0 Å². The Morgan fingerprint density at radius 2 is 0.442 bits per heavy atom. The highest BCUT2D eigenvalue weighted by Crippen LogP contribution is 2.10. The molecule has 52 heavy (non-hydrogen) atoms. The summed E-state index contributed by atoms with van der Waals surface area (Å²) >= 11 is 0. The lowest BCUT2D eigenvalue weighted by atomic mass is 10.1. The van der Waals surface area contributed by atoms with Crippen LogP contribution in [-0.2, 0) is 61.6 Å². The first kappa shape index (κ1) is 51.2. The maximum atomic E-state index is 5.65. The SMILES string of the molecule is C=CCOCCOCCOCCOCCOCCOCCOCCOCCOCCOCCOCCOCCOCCCCCCCCCCCC. The average Bonchev–Trinajstić information content (AvgIpc) is 3.16. The van der Waals surface area contributed by atoms with Gasteiger partial charge in [0.2, 0.25) is 0 Å². The Balaban J connectivity index is 3.05. The van der Waals surface area contributed by atoms with Crippen molar-refractivity contribution in [3.63, 3.8) is 0 Å². The van der Waals surface area contributed by atoms with Crippen molar-refractivity contribution in [3.05, 3.63) is 12.7 Å². The first-order chi connectivity index (χ1) is 25.9. The van der Waals surface area contributed by atoms with Crippen LogP contribution in [0.2, 0.25) is 0 Å². The molecule has 0 rings (SSSR count). The summed E-state index contributed by atoms with van der Waals surface area (Å²) in [6.45, 7) is 20.1. The largest absolute Gasteiger partial charge is 0.379 e. The molecule has 0 heterocycles. The molecule has 0 aliphatic carbocycles. The lowest BCUT2D eigenvalue weighted by Gasteiger charge is -2.09. The van der Waals surface area contributed by atoms with Crippen LogP contribution in [0.5, 0.6) is 0 Å². The van der Waals surface area contributed by atoms with E-state index in [-0.39, 0.29) is 0 Å². The standard InChI is InChI=1S/C39H78O13/c1-3-5-6-7-8-9-10-11-12-13-15-41-17-19-43-21-23-45-25-27-47-29-31-49-33-35-51-37-39-52-38-36-50-34-32-48-30-28-46-26-24-44-22-20-42-18-16-40-14-4-2/h4H,2-3,5-39H2,1H3. The van der Waals surface area contributed by atoms with Gasteiger partial charge in [-0.1, -0.05) is 70.8 Å². The van der Waals surface area contributed by atoms with Gasteiger partial charge in [0.05, 0.1) is 165 Å². The molecule has 312 valence electrons. The Kier molecular flexibility index (Phi) is 49.5. The molecule has 0 amide bonds. The predicted octanol–water partition coefficient (Wildman–Crippen LogP) is 5.31. The molecule has 0 fully saturated rings. The van der Waals surface area contributed by atoms with Crippen LogP contribution in [0.25, 0.3) is 0 Å². The summed E-state index contributed by atoms with van der Waals surface area (Å²) in [6.07, 6.45) is 15.1. The molecule has 0 saturated carbocycles. The fourth-order valence-electron chi connectivity index (χ4n) is 4.50. The van der Waals surface area contributed by atoms with Gasteiger partial charge in [-0.2, -0.15) is 0 Å². The van der Waals surface area contributed by atoms with Gasteiger partial charge in [-0.15, -0.1) is 6.58 Å². The molecular weight excluding hydrogens is 676 g/mol. The van der Waals surface area contributed by atoms with E-state index < -0.39 is 0 Å². The third kappa shape index (κ3) is 49.2. The van der Waals surface area contributed by atoms with Gasteiger partial charge >= 0.3 is 0 Å². The molecule has 13 nitrogen and oxygen atoms in total. The van der Waals surface area contributed by atoms with E-state index in [4.69, 9.17) is 61.6 Å². The highest BCUT2D eigenvalue weighted by atomic mass is 16.6. The van der Waals surface area contributed by atoms with E-state index >= 15 is 0 Å². The molecule has 0 bridgehead atoms. The van der Waals surface area contributed by atoms with Crippen molar-refractivity contribution in [2.24, 2.45) is 0 Å². The molecule has 0 N–H and O–H groups in total. The second kappa shape index (κ2) is 50.2. The van der Waals surface area contributed by atoms with E-state index in [2.05, 4.69) is 13.5 Å². The molecule has 0 aliphatic heterocycles. The lowest BCUT2D eigenvalue weighted by Crippen LogP contribution is -2.15. The van der Waals surface area contributed by atoms with E-state index in [0.717, 1.165) is 13.0 Å². The average molecular weight is 755 g/mol. The highest BCUT2D eigenvalue weighted by molar-refractivity contribution is 4.63. The summed E-state index contributed by atoms with van der Waals surface area (Å²) in [4.78, 5) is 0. The highest BCUT2D eigenvalue weighted by Gasteiger charge is 1.98. The first-order valence-electron chi connectivity index (χ1n) is 20.0. The van der Waals surface area contributed by atoms with E-state index in [1.54, 1.807) is 6.08 Å². The molecule has 0 atom stereocenters. The third-order valence-corrected chi connectivity index (χ3v) is 7.34. The summed E-state index contributed by atoms with van der Waals surface area (Å²) in [7, 11) is 0. The monoisotopic (exact) mass is 755 g/mol. The molecule has 0 spiro atoms. The summed E-state index contributed by atoms with van der Waals surface area (Å²) in [5, 5.41) is 0. The van der Waals surface area contributed by atoms with Crippen molar-refractivity contribution >= 4 is 0 Å². The maximum absolute atomic E-state index is 5.65. The zero-order chi connectivity index (χ0) is 37.4. The molecular formula is C39H78O13. The van der Waals surface area contributed by atoms with Gasteiger partial charge in [0.1, 0.15) is 0 Å². The smallest absolute Gasteiger partial charge is 0.0704 e. The zero-order valence-electron chi connectivity index (χ0n) is 33.0. The molecule has 0 radical (unpaired) electrons. The first-order valence-corrected chi connectivity index (χ1v) is 20.0. The number of unbranched alkanes of at least 4 members (excludes halogenated alkanes) is 9. The van der Waals surface area contributed by atoms with Crippen molar-refractivity contribution in [2.75, 3.05) is 172 Å². The van der Waals surface area contributed by atoms with Crippen LogP contribution in [0.1, 0.15) is 71.1 Å². The van der Waals surface area contributed by atoms with Crippen molar-refractivity contribution in [1.82, 2.24) is 0 Å². The summed E-state index contributed by atoms with van der Waals surface area (Å²) < 4.78 is 71.2. The van der Waals surface area contributed by atoms with Crippen molar-refractivity contribution in [3.8, 4) is 0 Å². The molecule has 0 saturated heterocycles. The van der Waals surface area contributed by atoms with Crippen molar-refractivity contribution < 1.29 is 61.6 Å². The molecule has 0 aliphatic rings. The minimum absolute atomic E-state index is 0.514. The van der Waals surface area contributed by atoms with Gasteiger partial charge in [-0.3, -0.25) is 0 Å². The quantitative estimate of drug-likeness (QED) is 0.0590. The fraction of sp³-hybridized carbons (Fsp3) is 0.949. The van der Waals surface area contributed by atoms with Gasteiger partial charge in [0.25, 0.3) is 0 Å². The zero-order valence-corrected chi connectivity index (χ0v) is 33.0. The Hall–Kier alpha value is -0.780.